The highest BCUT2D eigenvalue weighted by Crippen LogP contribution is 2.23. The van der Waals surface area contributed by atoms with Gasteiger partial charge in [0.1, 0.15) is 6.07 Å². The second kappa shape index (κ2) is 5.14. The van der Waals surface area contributed by atoms with Crippen LogP contribution in [0.3, 0.4) is 0 Å². The van der Waals surface area contributed by atoms with E-state index in [0.29, 0.717) is 5.56 Å². The Kier molecular flexibility index (Phi) is 4.12. The molecule has 3 heteroatoms. The van der Waals surface area contributed by atoms with E-state index in [-0.39, 0.29) is 0 Å². The van der Waals surface area contributed by atoms with E-state index in [4.69, 9.17) is 5.26 Å². The predicted octanol–water partition coefficient (Wildman–Crippen LogP) is 3.15. The van der Waals surface area contributed by atoms with Crippen LogP contribution in [0, 0.1) is 11.3 Å². The molecule has 0 radical (unpaired) electrons. The van der Waals surface area contributed by atoms with Gasteiger partial charge in [-0.1, -0.05) is 19.4 Å². The summed E-state index contributed by atoms with van der Waals surface area (Å²) in [4.78, 5) is 0. The summed E-state index contributed by atoms with van der Waals surface area (Å²) in [6.45, 7) is 2.02. The number of nitrogens with zero attached hydrogens (tertiary/aromatic N) is 1. The fraction of sp³-hybridized carbons (Fsp3) is 0.364. The fourth-order valence-corrected chi connectivity index (χ4v) is 1.61. The minimum atomic E-state index is -0.458. The molecule has 1 aromatic carbocycles. The van der Waals surface area contributed by atoms with E-state index >= 15 is 0 Å². The average Bonchev–Trinajstić information content (AvgIpc) is 2.19. The van der Waals surface area contributed by atoms with Crippen LogP contribution in [0.5, 0.6) is 0 Å². The molecule has 1 aromatic rings. The third kappa shape index (κ3) is 2.57. The summed E-state index contributed by atoms with van der Waals surface area (Å²) in [5.74, 6) is 0. The Balaban J connectivity index is 2.95. The number of aliphatic hydroxyl groups excluding tert-OH is 1. The molecule has 0 aliphatic heterocycles. The molecular weight excluding hydrogens is 242 g/mol. The van der Waals surface area contributed by atoms with Gasteiger partial charge in [0.05, 0.1) is 11.7 Å². The van der Waals surface area contributed by atoms with Crippen LogP contribution in [0.4, 0.5) is 0 Å². The molecule has 0 aliphatic rings. The summed E-state index contributed by atoms with van der Waals surface area (Å²) in [7, 11) is 0. The van der Waals surface area contributed by atoms with E-state index in [9.17, 15) is 5.11 Å². The van der Waals surface area contributed by atoms with Crippen molar-refractivity contribution in [1.82, 2.24) is 0 Å². The molecule has 74 valence electrons. The van der Waals surface area contributed by atoms with Gasteiger partial charge in [-0.2, -0.15) is 5.26 Å². The van der Waals surface area contributed by atoms with Crippen molar-refractivity contribution in [1.29, 1.82) is 5.26 Å². The lowest BCUT2D eigenvalue weighted by Gasteiger charge is -2.09. The number of rotatable bonds is 3. The van der Waals surface area contributed by atoms with Gasteiger partial charge in [-0.15, -0.1) is 0 Å². The van der Waals surface area contributed by atoms with E-state index in [1.54, 1.807) is 12.1 Å². The molecule has 2 nitrogen and oxygen atoms in total. The average molecular weight is 254 g/mol. The van der Waals surface area contributed by atoms with Gasteiger partial charge in [-0.05, 0) is 40.0 Å². The maximum absolute atomic E-state index is 9.71. The van der Waals surface area contributed by atoms with Gasteiger partial charge >= 0.3 is 0 Å². The standard InChI is InChI=1S/C11H12BrNO/c1-2-3-11(14)8-4-5-10(12)9(6-8)7-13/h4-6,11,14H,2-3H2,1H3/t11-/m0/s1. The van der Waals surface area contributed by atoms with Gasteiger partial charge in [-0.25, -0.2) is 0 Å². The van der Waals surface area contributed by atoms with Crippen molar-refractivity contribution in [3.63, 3.8) is 0 Å². The van der Waals surface area contributed by atoms with Crippen molar-refractivity contribution < 1.29 is 5.11 Å². The van der Waals surface area contributed by atoms with Gasteiger partial charge in [0.25, 0.3) is 0 Å². The molecule has 1 atom stereocenters. The number of hydrogen-bond acceptors (Lipinski definition) is 2. The van der Waals surface area contributed by atoms with Crippen LogP contribution >= 0.6 is 15.9 Å². The zero-order chi connectivity index (χ0) is 10.6. The number of aliphatic hydroxyl groups is 1. The van der Waals surface area contributed by atoms with Crippen LogP contribution in [-0.2, 0) is 0 Å². The predicted molar refractivity (Wildman–Crippen MR) is 58.7 cm³/mol. The van der Waals surface area contributed by atoms with E-state index in [2.05, 4.69) is 22.0 Å². The minimum absolute atomic E-state index is 0.458. The number of benzene rings is 1. The van der Waals surface area contributed by atoms with Gasteiger partial charge in [-0.3, -0.25) is 0 Å². The van der Waals surface area contributed by atoms with Crippen molar-refractivity contribution in [3.05, 3.63) is 33.8 Å². The Labute approximate surface area is 92.3 Å². The summed E-state index contributed by atoms with van der Waals surface area (Å²) in [5, 5.41) is 18.5. The fourth-order valence-electron chi connectivity index (χ4n) is 1.28. The maximum atomic E-state index is 9.71. The first-order valence-electron chi connectivity index (χ1n) is 4.56. The van der Waals surface area contributed by atoms with Crippen molar-refractivity contribution >= 4 is 15.9 Å². The number of halogens is 1. The van der Waals surface area contributed by atoms with Crippen LogP contribution in [0.2, 0.25) is 0 Å². The molecule has 0 unspecified atom stereocenters. The quantitative estimate of drug-likeness (QED) is 0.900. The Morgan fingerprint density at radius 3 is 2.86 bits per heavy atom. The summed E-state index contributed by atoms with van der Waals surface area (Å²) >= 11 is 3.27. The summed E-state index contributed by atoms with van der Waals surface area (Å²) in [5.41, 5.74) is 1.38. The molecule has 0 aromatic heterocycles. The van der Waals surface area contributed by atoms with E-state index in [0.717, 1.165) is 22.9 Å². The highest BCUT2D eigenvalue weighted by molar-refractivity contribution is 9.10. The molecule has 1 N–H and O–H groups in total. The first-order valence-corrected chi connectivity index (χ1v) is 5.36. The lowest BCUT2D eigenvalue weighted by molar-refractivity contribution is 0.166. The first kappa shape index (κ1) is 11.2. The molecule has 0 aliphatic carbocycles. The highest BCUT2D eigenvalue weighted by Gasteiger charge is 2.08. The normalized spacial score (nSPS) is 12.1. The smallest absolute Gasteiger partial charge is 0.100 e. The molecular formula is C11H12BrNO. The van der Waals surface area contributed by atoms with E-state index < -0.39 is 6.10 Å². The van der Waals surface area contributed by atoms with Crippen LogP contribution in [0.25, 0.3) is 0 Å². The van der Waals surface area contributed by atoms with Gasteiger partial charge in [0.2, 0.25) is 0 Å². The SMILES string of the molecule is CCC[C@H](O)c1ccc(Br)c(C#N)c1. The van der Waals surface area contributed by atoms with Gasteiger partial charge in [0.15, 0.2) is 0 Å². The second-order valence-corrected chi connectivity index (χ2v) is 4.01. The molecule has 14 heavy (non-hydrogen) atoms. The lowest BCUT2D eigenvalue weighted by atomic mass is 10.0. The Bertz CT molecular complexity index is 357. The monoisotopic (exact) mass is 253 g/mol. The minimum Gasteiger partial charge on any atom is -0.388 e. The molecule has 0 amide bonds. The Morgan fingerprint density at radius 2 is 2.29 bits per heavy atom. The third-order valence-corrected chi connectivity index (χ3v) is 2.75. The van der Waals surface area contributed by atoms with Crippen LogP contribution in [0.1, 0.15) is 37.0 Å². The largest absolute Gasteiger partial charge is 0.388 e. The number of nitriles is 1. The molecule has 0 bridgehead atoms. The molecule has 0 saturated heterocycles. The van der Waals surface area contributed by atoms with Crippen LogP contribution in [-0.4, -0.2) is 5.11 Å². The molecule has 0 heterocycles. The molecule has 1 rings (SSSR count). The lowest BCUT2D eigenvalue weighted by Crippen LogP contribution is -1.97. The van der Waals surface area contributed by atoms with E-state index in [1.807, 2.05) is 13.0 Å². The van der Waals surface area contributed by atoms with Crippen molar-refractivity contribution in [2.45, 2.75) is 25.9 Å². The first-order chi connectivity index (χ1) is 6.69. The van der Waals surface area contributed by atoms with Crippen LogP contribution < -0.4 is 0 Å². The van der Waals surface area contributed by atoms with Crippen LogP contribution in [0.15, 0.2) is 22.7 Å². The highest BCUT2D eigenvalue weighted by atomic mass is 79.9. The van der Waals surface area contributed by atoms with Gasteiger partial charge in [0, 0.05) is 4.47 Å². The van der Waals surface area contributed by atoms with E-state index in [1.165, 1.54) is 0 Å². The third-order valence-electron chi connectivity index (χ3n) is 2.06. The zero-order valence-electron chi connectivity index (χ0n) is 8.00. The number of hydrogen-bond donors (Lipinski definition) is 1. The Morgan fingerprint density at radius 1 is 1.57 bits per heavy atom. The summed E-state index contributed by atoms with van der Waals surface area (Å²) < 4.78 is 0.771. The molecule has 0 spiro atoms. The summed E-state index contributed by atoms with van der Waals surface area (Å²) in [6, 6.07) is 7.44. The Hall–Kier alpha value is -0.850. The van der Waals surface area contributed by atoms with Crippen molar-refractivity contribution in [2.24, 2.45) is 0 Å². The second-order valence-electron chi connectivity index (χ2n) is 3.16. The maximum Gasteiger partial charge on any atom is 0.100 e. The van der Waals surface area contributed by atoms with Crippen molar-refractivity contribution in [2.75, 3.05) is 0 Å². The van der Waals surface area contributed by atoms with Gasteiger partial charge < -0.3 is 5.11 Å². The molecule has 0 fully saturated rings. The summed E-state index contributed by atoms with van der Waals surface area (Å²) in [6.07, 6.45) is 1.20. The molecule has 0 saturated carbocycles. The topological polar surface area (TPSA) is 44.0 Å². The zero-order valence-corrected chi connectivity index (χ0v) is 9.58. The van der Waals surface area contributed by atoms with Crippen molar-refractivity contribution in [3.8, 4) is 6.07 Å².